The number of amides is 1. The Morgan fingerprint density at radius 3 is 2.62 bits per heavy atom. The second kappa shape index (κ2) is 7.23. The molecule has 0 bridgehead atoms. The maximum atomic E-state index is 12.8. The lowest BCUT2D eigenvalue weighted by molar-refractivity contribution is -0.137. The van der Waals surface area contributed by atoms with E-state index in [4.69, 9.17) is 0 Å². The molecule has 134 valence electrons. The fourth-order valence-corrected chi connectivity index (χ4v) is 4.97. The van der Waals surface area contributed by atoms with Crippen molar-refractivity contribution in [2.45, 2.75) is 50.6 Å². The van der Waals surface area contributed by atoms with Crippen LogP contribution >= 0.6 is 0 Å². The van der Waals surface area contributed by atoms with Crippen molar-refractivity contribution in [3.63, 3.8) is 0 Å². The molecule has 24 heavy (non-hydrogen) atoms. The van der Waals surface area contributed by atoms with Gasteiger partial charge in [-0.25, -0.2) is 13.4 Å². The summed E-state index contributed by atoms with van der Waals surface area (Å²) < 4.78 is 28.8. The van der Waals surface area contributed by atoms with Gasteiger partial charge in [0.25, 0.3) is 10.0 Å². The van der Waals surface area contributed by atoms with Gasteiger partial charge in [0.15, 0.2) is 5.03 Å². The van der Waals surface area contributed by atoms with Crippen LogP contribution in [0.1, 0.15) is 39.0 Å². The highest BCUT2D eigenvalue weighted by atomic mass is 32.2. The van der Waals surface area contributed by atoms with Crippen molar-refractivity contribution in [3.8, 4) is 0 Å². The van der Waals surface area contributed by atoms with E-state index in [2.05, 4.69) is 4.98 Å². The summed E-state index contributed by atoms with van der Waals surface area (Å²) in [5.41, 5.74) is 0. The Labute approximate surface area is 143 Å². The molecule has 1 aromatic heterocycles. The largest absolute Gasteiger partial charge is 0.342 e. The molecule has 1 unspecified atom stereocenters. The normalized spacial score (nSPS) is 23.4. The summed E-state index contributed by atoms with van der Waals surface area (Å²) in [5.74, 6) is -0.103. The third-order valence-electron chi connectivity index (χ3n) is 4.98. The van der Waals surface area contributed by atoms with Crippen molar-refractivity contribution >= 4 is 15.9 Å². The maximum Gasteiger partial charge on any atom is 0.262 e. The fraction of sp³-hybridized carbons (Fsp3) is 0.750. The third-order valence-corrected chi connectivity index (χ3v) is 6.73. The Bertz CT molecular complexity index is 679. The predicted molar refractivity (Wildman–Crippen MR) is 89.8 cm³/mol. The summed E-state index contributed by atoms with van der Waals surface area (Å²) >= 11 is 0. The standard InChI is InChI=1S/C16H26N4O3S/c1-2-18-12-15(17-13-18)24(22,23)20-10-6-7-14(11-20)16(21)19-8-4-3-5-9-19/h12-14H,2-11H2,1H3. The molecule has 2 aliphatic heterocycles. The van der Waals surface area contributed by atoms with E-state index in [1.165, 1.54) is 17.1 Å². The number of hydrogen-bond donors (Lipinski definition) is 0. The van der Waals surface area contributed by atoms with Crippen LogP contribution in [-0.4, -0.2) is 59.3 Å². The van der Waals surface area contributed by atoms with Crippen molar-refractivity contribution in [1.82, 2.24) is 18.8 Å². The summed E-state index contributed by atoms with van der Waals surface area (Å²) in [7, 11) is -3.62. The van der Waals surface area contributed by atoms with Gasteiger partial charge in [-0.2, -0.15) is 4.31 Å². The number of hydrogen-bond acceptors (Lipinski definition) is 4. The van der Waals surface area contributed by atoms with Crippen LogP contribution in [0.5, 0.6) is 0 Å². The SMILES string of the molecule is CCn1cnc(S(=O)(=O)N2CCCC(C(=O)N3CCCCC3)C2)c1. The van der Waals surface area contributed by atoms with Crippen molar-refractivity contribution in [2.24, 2.45) is 5.92 Å². The molecule has 7 nitrogen and oxygen atoms in total. The lowest BCUT2D eigenvalue weighted by Crippen LogP contribution is -2.47. The molecule has 2 aliphatic rings. The Morgan fingerprint density at radius 1 is 1.21 bits per heavy atom. The number of carbonyl (C=O) groups excluding carboxylic acids is 1. The molecule has 0 radical (unpaired) electrons. The molecule has 3 heterocycles. The first kappa shape index (κ1) is 17.4. The highest BCUT2D eigenvalue weighted by Crippen LogP contribution is 2.25. The second-order valence-electron chi connectivity index (χ2n) is 6.63. The van der Waals surface area contributed by atoms with Gasteiger partial charge in [0.2, 0.25) is 5.91 Å². The number of piperidine rings is 2. The molecular weight excluding hydrogens is 328 g/mol. The zero-order chi connectivity index (χ0) is 17.2. The number of rotatable bonds is 4. The van der Waals surface area contributed by atoms with E-state index in [-0.39, 0.29) is 23.4 Å². The molecule has 2 fully saturated rings. The highest BCUT2D eigenvalue weighted by molar-refractivity contribution is 7.89. The van der Waals surface area contributed by atoms with E-state index in [1.54, 1.807) is 10.8 Å². The smallest absolute Gasteiger partial charge is 0.262 e. The number of aromatic nitrogens is 2. The number of carbonyl (C=O) groups is 1. The van der Waals surface area contributed by atoms with Gasteiger partial charge in [-0.1, -0.05) is 0 Å². The van der Waals surface area contributed by atoms with E-state index < -0.39 is 10.0 Å². The lowest BCUT2D eigenvalue weighted by Gasteiger charge is -2.35. The number of imidazole rings is 1. The summed E-state index contributed by atoms with van der Waals surface area (Å²) in [4.78, 5) is 18.6. The summed E-state index contributed by atoms with van der Waals surface area (Å²) in [6.07, 6.45) is 7.86. The molecule has 0 aromatic carbocycles. The first-order valence-corrected chi connectivity index (χ1v) is 10.3. The lowest BCUT2D eigenvalue weighted by atomic mass is 9.97. The molecule has 3 rings (SSSR count). The fourth-order valence-electron chi connectivity index (χ4n) is 3.51. The van der Waals surface area contributed by atoms with Crippen LogP contribution in [0.2, 0.25) is 0 Å². The Kier molecular flexibility index (Phi) is 5.24. The van der Waals surface area contributed by atoms with Gasteiger partial charge >= 0.3 is 0 Å². The quantitative estimate of drug-likeness (QED) is 0.817. The predicted octanol–water partition coefficient (Wildman–Crippen LogP) is 1.32. The van der Waals surface area contributed by atoms with Crippen LogP contribution in [0.4, 0.5) is 0 Å². The van der Waals surface area contributed by atoms with Crippen LogP contribution in [0.3, 0.4) is 0 Å². The molecule has 1 amide bonds. The van der Waals surface area contributed by atoms with Crippen LogP contribution in [0.25, 0.3) is 0 Å². The molecule has 2 saturated heterocycles. The van der Waals surface area contributed by atoms with Gasteiger partial charge in [0, 0.05) is 38.9 Å². The minimum Gasteiger partial charge on any atom is -0.342 e. The monoisotopic (exact) mass is 354 g/mol. The number of aryl methyl sites for hydroxylation is 1. The Morgan fingerprint density at radius 2 is 1.96 bits per heavy atom. The maximum absolute atomic E-state index is 12.8. The first-order chi connectivity index (χ1) is 11.5. The van der Waals surface area contributed by atoms with Crippen LogP contribution < -0.4 is 0 Å². The molecule has 0 spiro atoms. The van der Waals surface area contributed by atoms with E-state index >= 15 is 0 Å². The third kappa shape index (κ3) is 3.49. The average molecular weight is 354 g/mol. The van der Waals surface area contributed by atoms with Gasteiger partial charge in [-0.15, -0.1) is 0 Å². The molecular formula is C16H26N4O3S. The summed E-state index contributed by atoms with van der Waals surface area (Å²) in [6, 6.07) is 0. The Balaban J connectivity index is 1.71. The zero-order valence-electron chi connectivity index (χ0n) is 14.2. The minimum absolute atomic E-state index is 0.0791. The van der Waals surface area contributed by atoms with Gasteiger partial charge in [-0.3, -0.25) is 4.79 Å². The van der Waals surface area contributed by atoms with Gasteiger partial charge in [0.1, 0.15) is 0 Å². The summed E-state index contributed by atoms with van der Waals surface area (Å²) in [5, 5.41) is 0.0791. The van der Waals surface area contributed by atoms with Crippen molar-refractivity contribution in [3.05, 3.63) is 12.5 Å². The van der Waals surface area contributed by atoms with Crippen molar-refractivity contribution in [1.29, 1.82) is 0 Å². The van der Waals surface area contributed by atoms with Crippen molar-refractivity contribution < 1.29 is 13.2 Å². The second-order valence-corrected chi connectivity index (χ2v) is 8.52. The molecule has 8 heteroatoms. The first-order valence-electron chi connectivity index (χ1n) is 8.83. The number of likely N-dealkylation sites (tertiary alicyclic amines) is 1. The molecule has 0 aliphatic carbocycles. The number of sulfonamides is 1. The van der Waals surface area contributed by atoms with Crippen molar-refractivity contribution in [2.75, 3.05) is 26.2 Å². The van der Waals surface area contributed by atoms with Crippen LogP contribution in [0.15, 0.2) is 17.6 Å². The molecule has 0 saturated carbocycles. The van der Waals surface area contributed by atoms with E-state index in [0.29, 0.717) is 13.1 Å². The molecule has 1 atom stereocenters. The van der Waals surface area contributed by atoms with Gasteiger partial charge < -0.3 is 9.47 Å². The topological polar surface area (TPSA) is 75.5 Å². The van der Waals surface area contributed by atoms with E-state index in [0.717, 1.165) is 38.8 Å². The van der Waals surface area contributed by atoms with Crippen LogP contribution in [0, 0.1) is 5.92 Å². The summed E-state index contributed by atoms with van der Waals surface area (Å²) in [6.45, 7) is 4.97. The van der Waals surface area contributed by atoms with Crippen LogP contribution in [-0.2, 0) is 21.4 Å². The minimum atomic E-state index is -3.62. The van der Waals surface area contributed by atoms with E-state index in [9.17, 15) is 13.2 Å². The molecule has 0 N–H and O–H groups in total. The van der Waals surface area contributed by atoms with Gasteiger partial charge in [-0.05, 0) is 39.0 Å². The zero-order valence-corrected chi connectivity index (χ0v) is 15.0. The molecule has 1 aromatic rings. The average Bonchev–Trinajstić information content (AvgIpc) is 3.12. The number of nitrogens with zero attached hydrogens (tertiary/aromatic N) is 4. The Hall–Kier alpha value is -1.41. The van der Waals surface area contributed by atoms with E-state index in [1.807, 2.05) is 11.8 Å². The highest BCUT2D eigenvalue weighted by Gasteiger charge is 2.36. The van der Waals surface area contributed by atoms with Gasteiger partial charge in [0.05, 0.1) is 12.2 Å².